The lowest BCUT2D eigenvalue weighted by Gasteiger charge is -1.82. The minimum atomic E-state index is 0. The fourth-order valence-corrected chi connectivity index (χ4v) is 4.93. The van der Waals surface area contributed by atoms with Crippen LogP contribution in [0.5, 0.6) is 0 Å². The fraction of sp³-hybridized carbons (Fsp3) is 0.545. The van der Waals surface area contributed by atoms with Crippen molar-refractivity contribution in [2.45, 2.75) is 334 Å². The van der Waals surface area contributed by atoms with Crippen molar-refractivity contribution >= 4 is 22.7 Å². The SMILES string of the molecule is C.C.C.C.C.C.C.C.C.C.C.C.C.C.C.C.C.C.CC.CC.CC.CC.CC.CC.CC.CC.CC.CC.Cc1cc[nH]c1.Cc1ccc[nH]1.Cc1ccccc1.Cc1ccco1.Cc1cccs1.Cc1ccoc1.Cc1ccsc1.Cc1cocn1.Cc1ncco1.Cn1cccc1. The molecule has 1 aromatic carbocycles. The van der Waals surface area contributed by atoms with E-state index in [-0.39, 0.29) is 134 Å². The second kappa shape index (κ2) is 180. The summed E-state index contributed by atoms with van der Waals surface area (Å²) in [5.41, 5.74) is 7.29. The molecule has 10 rings (SSSR count). The Morgan fingerprint density at radius 2 is 0.848 bits per heavy atom. The number of H-pyrrole nitrogens is 2. The molecule has 11 heteroatoms. The molecule has 0 aliphatic carbocycles. The lowest BCUT2D eigenvalue weighted by Crippen LogP contribution is -1.75. The number of hydrogen-bond donors (Lipinski definition) is 2. The van der Waals surface area contributed by atoms with E-state index in [1.807, 2.05) is 275 Å². The van der Waals surface area contributed by atoms with E-state index < -0.39 is 0 Å². The van der Waals surface area contributed by atoms with Crippen molar-refractivity contribution in [1.29, 1.82) is 0 Å². The van der Waals surface area contributed by atoms with Crippen LogP contribution in [0.2, 0.25) is 0 Å². The smallest absolute Gasteiger partial charge is 0.190 e. The van der Waals surface area contributed by atoms with Crippen molar-refractivity contribution in [3.05, 3.63) is 238 Å². The zero-order chi connectivity index (χ0) is 64.8. The van der Waals surface area contributed by atoms with Gasteiger partial charge in [0.05, 0.1) is 30.7 Å². The van der Waals surface area contributed by atoms with Gasteiger partial charge in [-0.1, -0.05) is 314 Å². The maximum Gasteiger partial charge on any atom is 0.190 e. The Labute approximate surface area is 640 Å². The first-order valence-corrected chi connectivity index (χ1v) is 31.2. The Hall–Kier alpha value is -6.56. The summed E-state index contributed by atoms with van der Waals surface area (Å²) in [6.45, 7) is 57.9. The Kier molecular flexibility index (Phi) is 339. The third kappa shape index (κ3) is 176. The van der Waals surface area contributed by atoms with E-state index >= 15 is 0 Å². The van der Waals surface area contributed by atoms with Crippen molar-refractivity contribution in [1.82, 2.24) is 24.5 Å². The highest BCUT2D eigenvalue weighted by molar-refractivity contribution is 7.09. The molecule has 0 atom stereocenters. The number of oxazole rings is 2. The minimum absolute atomic E-state index is 0. The van der Waals surface area contributed by atoms with Gasteiger partial charge in [-0.25, -0.2) is 9.97 Å². The third-order valence-corrected chi connectivity index (χ3v) is 8.57. The molecule has 0 saturated heterocycles. The number of thiophene rings is 2. The number of rotatable bonds is 0. The van der Waals surface area contributed by atoms with Crippen molar-refractivity contribution < 1.29 is 17.7 Å². The van der Waals surface area contributed by atoms with Crippen LogP contribution in [0, 0.1) is 62.3 Å². The zero-order valence-corrected chi connectivity index (χ0v) is 58.8. The topological polar surface area (TPSA) is 115 Å². The molecule has 0 spiro atoms. The first kappa shape index (κ1) is 186. The van der Waals surface area contributed by atoms with Gasteiger partial charge < -0.3 is 32.2 Å². The molecule has 10 aromatic rings. The second-order valence-electron chi connectivity index (χ2n) is 13.0. The summed E-state index contributed by atoms with van der Waals surface area (Å²) in [7, 11) is 2.00. The Morgan fingerprint density at radius 1 is 0.374 bits per heavy atom. The summed E-state index contributed by atoms with van der Waals surface area (Å²) in [5, 5.41) is 6.28. The van der Waals surface area contributed by atoms with E-state index in [4.69, 9.17) is 13.3 Å². The van der Waals surface area contributed by atoms with Crippen LogP contribution in [0.25, 0.3) is 0 Å². The molecule has 0 unspecified atom stereocenters. The number of aryl methyl sites for hydroxylation is 10. The lowest BCUT2D eigenvalue weighted by atomic mass is 10.2. The predicted molar refractivity (Wildman–Crippen MR) is 490 cm³/mol. The van der Waals surface area contributed by atoms with Crippen LogP contribution in [0.4, 0.5) is 0 Å². The molecule has 0 bridgehead atoms. The number of nitrogens with zero attached hydrogens (tertiary/aromatic N) is 3. The number of hydrogen-bond acceptors (Lipinski definition) is 8. The number of benzene rings is 1. The standard InChI is InChI=1S/C7H8.3C5H7N.2C5H6O.2C5H6S.2C4H5NO.10C2H6.18CH4/c1-7-5-3-2-4-6-7;1-5-2-3-6-4-5;1-6-4-2-3-5-6;1-5-3-2-4-6-5;1-5-2-3-6-4-5;1-5-3-2-4-6-5;1-5-2-3-6-4-5;1-5-3-2-4-6-5;1-4-2-6-3-5-4;1-4-5-2-3-6-4;10*1-2;;;;;;;;;;;;;;;;;;/h2-6H,1H3;2-4,6H,1H3;2-5H,1H3;2-4,6H,1H3;4*2-4H,1H3;2*2-3H,1H3;10*1-2H3;18*1H4. The minimum Gasteiger partial charge on any atom is -0.472 e. The summed E-state index contributed by atoms with van der Waals surface area (Å²) < 4.78 is 20.9. The van der Waals surface area contributed by atoms with Gasteiger partial charge in [0.25, 0.3) is 0 Å². The molecule has 0 saturated carbocycles. The van der Waals surface area contributed by atoms with Gasteiger partial charge in [0.1, 0.15) is 18.3 Å². The van der Waals surface area contributed by atoms with Gasteiger partial charge in [0.15, 0.2) is 12.3 Å². The van der Waals surface area contributed by atoms with Crippen molar-refractivity contribution in [2.75, 3.05) is 0 Å². The second-order valence-corrected chi connectivity index (χ2v) is 14.9. The molecule has 9 nitrogen and oxygen atoms in total. The summed E-state index contributed by atoms with van der Waals surface area (Å²) in [5.74, 6) is 1.69. The fourth-order valence-electron chi connectivity index (χ4n) is 3.74. The van der Waals surface area contributed by atoms with Crippen LogP contribution in [-0.2, 0) is 7.05 Å². The Balaban J connectivity index is -0.0000000207. The molecule has 9 heterocycles. The number of aromatic amines is 2. The number of aromatic nitrogens is 5. The van der Waals surface area contributed by atoms with Crippen molar-refractivity contribution in [2.24, 2.45) is 7.05 Å². The first-order valence-electron chi connectivity index (χ1n) is 29.4. The molecule has 0 aliphatic heterocycles. The summed E-state index contributed by atoms with van der Waals surface area (Å²) in [6.07, 6.45) is 21.0. The van der Waals surface area contributed by atoms with Crippen LogP contribution in [0.15, 0.2) is 206 Å². The highest BCUT2D eigenvalue weighted by Crippen LogP contribution is 2.04. The summed E-state index contributed by atoms with van der Waals surface area (Å²) >= 11 is 3.52. The maximum absolute atomic E-state index is 4.83. The van der Waals surface area contributed by atoms with Crippen molar-refractivity contribution in [3.8, 4) is 0 Å². The molecule has 0 amide bonds. The molecule has 99 heavy (non-hydrogen) atoms. The van der Waals surface area contributed by atoms with E-state index in [2.05, 4.69) is 98.5 Å². The van der Waals surface area contributed by atoms with Crippen molar-refractivity contribution in [3.63, 3.8) is 0 Å². The summed E-state index contributed by atoms with van der Waals surface area (Å²) in [6, 6.07) is 32.3. The number of nitrogens with one attached hydrogen (secondary N) is 2. The highest BCUT2D eigenvalue weighted by atomic mass is 32.1. The van der Waals surface area contributed by atoms with Crippen LogP contribution in [0.3, 0.4) is 0 Å². The molecule has 0 fully saturated rings. The predicted octanol–water partition coefficient (Wildman–Crippen LogP) is 36.6. The maximum atomic E-state index is 4.83. The molecule has 2 N–H and O–H groups in total. The van der Waals surface area contributed by atoms with E-state index in [0.29, 0.717) is 0 Å². The Morgan fingerprint density at radius 3 is 0.960 bits per heavy atom. The molecule has 9 aromatic heterocycles. The van der Waals surface area contributed by atoms with Crippen LogP contribution >= 0.6 is 22.7 Å². The molecular formula is C88H195N5O4S2. The first-order chi connectivity index (χ1) is 39.4. The molecule has 0 radical (unpaired) electrons. The average molecular weight is 1450 g/mol. The van der Waals surface area contributed by atoms with Gasteiger partial charge in [0, 0.05) is 55.5 Å². The third-order valence-electron chi connectivity index (χ3n) is 6.97. The van der Waals surface area contributed by atoms with E-state index in [1.54, 1.807) is 67.1 Å². The number of furan rings is 2. The van der Waals surface area contributed by atoms with Gasteiger partial charge in [-0.3, -0.25) is 0 Å². The lowest BCUT2D eigenvalue weighted by molar-refractivity contribution is 0.521. The van der Waals surface area contributed by atoms with Crippen LogP contribution in [-0.4, -0.2) is 24.5 Å². The van der Waals surface area contributed by atoms with Crippen LogP contribution < -0.4 is 0 Å². The average Bonchev–Trinajstić information content (AvgIpc) is 4.36. The van der Waals surface area contributed by atoms with E-state index in [1.165, 1.54) is 39.2 Å². The summed E-state index contributed by atoms with van der Waals surface area (Å²) in [4.78, 5) is 14.8. The van der Waals surface area contributed by atoms with E-state index in [9.17, 15) is 0 Å². The Bertz CT molecular complexity index is 1760. The molecule has 0 aliphatic rings. The highest BCUT2D eigenvalue weighted by Gasteiger charge is 1.80. The zero-order valence-electron chi connectivity index (χ0n) is 57.2. The van der Waals surface area contributed by atoms with Gasteiger partial charge in [-0.05, 0) is 149 Å². The normalized spacial score (nSPS) is 6.04. The van der Waals surface area contributed by atoms with Gasteiger partial charge >= 0.3 is 0 Å². The monoisotopic (exact) mass is 1450 g/mol. The van der Waals surface area contributed by atoms with Gasteiger partial charge in [-0.15, -0.1) is 11.3 Å². The largest absolute Gasteiger partial charge is 0.472 e. The van der Waals surface area contributed by atoms with Crippen LogP contribution in [0.1, 0.15) is 322 Å². The molecule has 608 valence electrons. The quantitative estimate of drug-likeness (QED) is 0.156. The van der Waals surface area contributed by atoms with Gasteiger partial charge in [0.2, 0.25) is 0 Å². The molecular weight excluding hydrogens is 1260 g/mol. The van der Waals surface area contributed by atoms with Gasteiger partial charge in [-0.2, -0.15) is 11.3 Å². The van der Waals surface area contributed by atoms with E-state index in [0.717, 1.165) is 17.3 Å².